The molecule has 0 spiro atoms. The minimum absolute atomic E-state index is 0.0541. The maximum Gasteiger partial charge on any atom is 0.547 e. The van der Waals surface area contributed by atoms with E-state index in [1.165, 1.54) is 23.1 Å². The van der Waals surface area contributed by atoms with E-state index in [0.717, 1.165) is 18.2 Å². The van der Waals surface area contributed by atoms with E-state index in [9.17, 15) is 47.6 Å². The number of piperazine rings is 1. The van der Waals surface area contributed by atoms with Gasteiger partial charge < -0.3 is 35.4 Å². The number of benzene rings is 2. The predicted octanol–water partition coefficient (Wildman–Crippen LogP) is -1.68. The molecular weight excluding hydrogens is 577 g/mol. The minimum atomic E-state index is -4.35. The quantitative estimate of drug-likeness (QED) is 0.154. The summed E-state index contributed by atoms with van der Waals surface area (Å²) < 4.78 is 28.9. The lowest BCUT2D eigenvalue weighted by molar-refractivity contribution is -0.153. The van der Waals surface area contributed by atoms with Crippen LogP contribution in [0.15, 0.2) is 41.3 Å². The number of hydrogen-bond donors (Lipinski definition) is 6. The van der Waals surface area contributed by atoms with Crippen LogP contribution in [0.2, 0.25) is 0 Å². The number of aromatic carboxylic acids is 1. The van der Waals surface area contributed by atoms with E-state index in [-0.39, 0.29) is 42.9 Å². The number of sulfonamides is 1. The number of aromatic hydroxyl groups is 1. The number of carboxylic acids is 1. The van der Waals surface area contributed by atoms with Crippen molar-refractivity contribution in [3.05, 3.63) is 53.1 Å². The maximum atomic E-state index is 13.5. The molecule has 0 radical (unpaired) electrons. The monoisotopic (exact) mass is 603 g/mol. The molecule has 18 heteroatoms. The van der Waals surface area contributed by atoms with Crippen LogP contribution in [0.5, 0.6) is 11.5 Å². The smallest absolute Gasteiger partial charge is 0.534 e. The summed E-state index contributed by atoms with van der Waals surface area (Å²) in [6, 6.07) is 4.32. The largest absolute Gasteiger partial charge is 0.547 e. The Hall–Kier alpha value is -4.68. The van der Waals surface area contributed by atoms with E-state index in [1.54, 1.807) is 6.92 Å². The number of phenols is 1. The number of urea groups is 1. The van der Waals surface area contributed by atoms with Crippen molar-refractivity contribution in [2.24, 2.45) is 5.14 Å². The van der Waals surface area contributed by atoms with Crippen molar-refractivity contribution in [1.29, 1.82) is 0 Å². The van der Waals surface area contributed by atoms with Crippen LogP contribution in [-0.4, -0.2) is 95.9 Å². The van der Waals surface area contributed by atoms with Crippen molar-refractivity contribution in [2.75, 3.05) is 19.6 Å². The fraction of sp³-hybridized carbons (Fsp3) is 0.292. The fourth-order valence-electron chi connectivity index (χ4n) is 4.61. The molecule has 2 aromatic rings. The van der Waals surface area contributed by atoms with Gasteiger partial charge in [-0.1, -0.05) is 18.2 Å². The summed E-state index contributed by atoms with van der Waals surface area (Å²) in [4.78, 5) is 64.2. The van der Waals surface area contributed by atoms with Crippen LogP contribution in [0.3, 0.4) is 0 Å². The highest BCUT2D eigenvalue weighted by molar-refractivity contribution is 7.89. The van der Waals surface area contributed by atoms with E-state index in [0.29, 0.717) is 10.5 Å². The highest BCUT2D eigenvalue weighted by Gasteiger charge is 2.41. The zero-order chi connectivity index (χ0) is 30.9. The molecule has 4 rings (SSSR count). The minimum Gasteiger partial charge on any atom is -0.534 e. The molecule has 1 saturated heterocycles. The molecule has 7 N–H and O–H groups in total. The number of rotatable bonds is 7. The number of primary sulfonamides is 1. The van der Waals surface area contributed by atoms with Gasteiger partial charge in [0.1, 0.15) is 22.4 Å². The Morgan fingerprint density at radius 2 is 1.88 bits per heavy atom. The van der Waals surface area contributed by atoms with E-state index in [2.05, 4.69) is 10.6 Å². The molecule has 0 unspecified atom stereocenters. The Balaban J connectivity index is 1.63. The summed E-state index contributed by atoms with van der Waals surface area (Å²) in [5.41, 5.74) is 0.0184. The molecule has 2 aliphatic heterocycles. The average molecular weight is 603 g/mol. The SMILES string of the molecule is CCN1CCN(C(=O)N[C@@H](C(=O)N[C@H]2Cc3cccc(C(=O)O)c3OB2O)c2ccc(S(N)(=O)=O)c(O)c2)C(=O)C1=O. The first kappa shape index (κ1) is 30.3. The topological polar surface area (TPSA) is 246 Å². The third-order valence-electron chi connectivity index (χ3n) is 6.77. The second-order valence-electron chi connectivity index (χ2n) is 9.42. The van der Waals surface area contributed by atoms with Gasteiger partial charge in [-0.2, -0.15) is 0 Å². The van der Waals surface area contributed by atoms with Crippen LogP contribution >= 0.6 is 0 Å². The molecule has 16 nitrogen and oxygen atoms in total. The number of nitrogens with one attached hydrogen (secondary N) is 2. The first-order valence-corrected chi connectivity index (χ1v) is 14.0. The number of amides is 5. The molecule has 2 atom stereocenters. The third kappa shape index (κ3) is 5.99. The molecule has 0 bridgehead atoms. The summed E-state index contributed by atoms with van der Waals surface area (Å²) >= 11 is 0. The number of phenolic OH excluding ortho intramolecular Hbond substituents is 1. The van der Waals surface area contributed by atoms with Gasteiger partial charge in [0.25, 0.3) is 0 Å². The van der Waals surface area contributed by atoms with Crippen molar-refractivity contribution in [1.82, 2.24) is 20.4 Å². The number of imide groups is 1. The van der Waals surface area contributed by atoms with Gasteiger partial charge in [0.05, 0.1) is 11.5 Å². The van der Waals surface area contributed by atoms with Gasteiger partial charge in [-0.3, -0.25) is 19.3 Å². The fourth-order valence-corrected chi connectivity index (χ4v) is 5.22. The van der Waals surface area contributed by atoms with Crippen molar-refractivity contribution >= 4 is 46.9 Å². The Labute approximate surface area is 239 Å². The van der Waals surface area contributed by atoms with Crippen LogP contribution in [0, 0.1) is 0 Å². The number of nitrogens with zero attached hydrogens (tertiary/aromatic N) is 2. The molecule has 2 heterocycles. The van der Waals surface area contributed by atoms with Crippen LogP contribution < -0.4 is 20.4 Å². The molecule has 42 heavy (non-hydrogen) atoms. The Morgan fingerprint density at radius 1 is 1.17 bits per heavy atom. The van der Waals surface area contributed by atoms with Crippen LogP contribution in [-0.2, 0) is 30.8 Å². The number of para-hydroxylation sites is 1. The molecule has 2 aromatic carbocycles. The summed E-state index contributed by atoms with van der Waals surface area (Å²) in [7, 11) is -6.06. The lowest BCUT2D eigenvalue weighted by Crippen LogP contribution is -2.60. The van der Waals surface area contributed by atoms with Gasteiger partial charge >= 0.3 is 30.9 Å². The lowest BCUT2D eigenvalue weighted by atomic mass is 9.72. The van der Waals surface area contributed by atoms with E-state index < -0.39 is 69.5 Å². The molecular formula is C24H26BN5O11S. The second-order valence-corrected chi connectivity index (χ2v) is 11.0. The molecule has 5 amide bonds. The third-order valence-corrected chi connectivity index (χ3v) is 7.72. The second kappa shape index (κ2) is 11.7. The van der Waals surface area contributed by atoms with Gasteiger partial charge in [-0.05, 0) is 42.7 Å². The molecule has 1 fully saturated rings. The van der Waals surface area contributed by atoms with E-state index in [4.69, 9.17) is 9.79 Å². The van der Waals surface area contributed by atoms with Crippen LogP contribution in [0.1, 0.15) is 34.5 Å². The lowest BCUT2D eigenvalue weighted by Gasteiger charge is -2.33. The first-order chi connectivity index (χ1) is 19.7. The number of carbonyl (C=O) groups excluding carboxylic acids is 4. The number of fused-ring (bicyclic) bond motifs is 1. The van der Waals surface area contributed by atoms with Crippen molar-refractivity contribution < 1.29 is 52.3 Å². The summed E-state index contributed by atoms with van der Waals surface area (Å²) in [6.07, 6.45) is -0.0778. The standard InChI is InChI=1S/C24H26BN5O11S/c1-2-29-8-9-30(22(34)21(29)33)24(37)28-18(12-6-7-16(15(31)10-12)42(26,39)40)20(32)27-17-11-13-4-3-5-14(23(35)36)19(13)41-25(17)38/h3-7,10,17-18,31,38H,2,8-9,11H2,1H3,(H,27,32)(H,28,37)(H,35,36)(H2,26,39,40)/t17-,18+/m0/s1. The number of nitrogens with two attached hydrogens (primary N) is 1. The average Bonchev–Trinajstić information content (AvgIpc) is 2.92. The zero-order valence-corrected chi connectivity index (χ0v) is 22.8. The highest BCUT2D eigenvalue weighted by Crippen LogP contribution is 2.31. The molecule has 2 aliphatic rings. The van der Waals surface area contributed by atoms with Gasteiger partial charge in [-0.15, -0.1) is 0 Å². The van der Waals surface area contributed by atoms with Gasteiger partial charge in [0, 0.05) is 19.6 Å². The Kier molecular flexibility index (Phi) is 8.42. The Bertz CT molecular complexity index is 1580. The summed E-state index contributed by atoms with van der Waals surface area (Å²) in [5.74, 6) is -6.39. The highest BCUT2D eigenvalue weighted by atomic mass is 32.2. The molecule has 0 aliphatic carbocycles. The van der Waals surface area contributed by atoms with Crippen molar-refractivity contribution in [3.63, 3.8) is 0 Å². The van der Waals surface area contributed by atoms with Crippen LogP contribution in [0.25, 0.3) is 0 Å². The predicted molar refractivity (Wildman–Crippen MR) is 142 cm³/mol. The molecule has 0 saturated carbocycles. The molecule has 222 valence electrons. The summed E-state index contributed by atoms with van der Waals surface area (Å²) in [5, 5.41) is 40.1. The van der Waals surface area contributed by atoms with Gasteiger partial charge in [0.2, 0.25) is 15.9 Å². The number of carbonyl (C=O) groups is 5. The van der Waals surface area contributed by atoms with Crippen molar-refractivity contribution in [2.45, 2.75) is 30.2 Å². The zero-order valence-electron chi connectivity index (χ0n) is 22.0. The molecule has 0 aromatic heterocycles. The Morgan fingerprint density at radius 3 is 2.50 bits per heavy atom. The number of hydrogen-bond acceptors (Lipinski definition) is 10. The van der Waals surface area contributed by atoms with Gasteiger partial charge in [0.15, 0.2) is 0 Å². The van der Waals surface area contributed by atoms with Gasteiger partial charge in [-0.25, -0.2) is 23.1 Å². The van der Waals surface area contributed by atoms with Crippen molar-refractivity contribution in [3.8, 4) is 11.5 Å². The number of carboxylic acid groups (broad SMARTS) is 1. The van der Waals surface area contributed by atoms with Crippen LogP contribution in [0.4, 0.5) is 4.79 Å². The van der Waals surface area contributed by atoms with E-state index in [1.807, 2.05) is 0 Å². The van der Waals surface area contributed by atoms with E-state index >= 15 is 0 Å². The first-order valence-electron chi connectivity index (χ1n) is 12.5. The summed E-state index contributed by atoms with van der Waals surface area (Å²) in [6.45, 7) is 1.78. The maximum absolute atomic E-state index is 13.5. The number of likely N-dealkylation sites (N-methyl/N-ethyl adjacent to an activating group) is 1. The normalized spacial score (nSPS) is 17.7.